The summed E-state index contributed by atoms with van der Waals surface area (Å²) in [5.74, 6) is -0.367. The second-order valence-corrected chi connectivity index (χ2v) is 8.74. The molecule has 2 rings (SSSR count). The third kappa shape index (κ3) is 4.43. The quantitative estimate of drug-likeness (QED) is 0.869. The van der Waals surface area contributed by atoms with E-state index in [0.29, 0.717) is 5.69 Å². The summed E-state index contributed by atoms with van der Waals surface area (Å²) >= 11 is 0. The lowest BCUT2D eigenvalue weighted by atomic mass is 10.1. The molecule has 0 aliphatic carbocycles. The van der Waals surface area contributed by atoms with Crippen molar-refractivity contribution < 1.29 is 13.2 Å². The van der Waals surface area contributed by atoms with Gasteiger partial charge in [0.15, 0.2) is 0 Å². The van der Waals surface area contributed by atoms with Crippen LogP contribution in [0, 0.1) is 34.6 Å². The number of para-hydroxylation sites is 1. The Bertz CT molecular complexity index is 906. The molecule has 0 atom stereocenters. The van der Waals surface area contributed by atoms with Gasteiger partial charge < -0.3 is 5.32 Å². The highest BCUT2D eigenvalue weighted by Crippen LogP contribution is 2.27. The third-order valence-electron chi connectivity index (χ3n) is 4.32. The van der Waals surface area contributed by atoms with Gasteiger partial charge in [0.25, 0.3) is 0 Å². The van der Waals surface area contributed by atoms with Gasteiger partial charge in [-0.25, -0.2) is 8.42 Å². The van der Waals surface area contributed by atoms with E-state index in [1.54, 1.807) is 0 Å². The summed E-state index contributed by atoms with van der Waals surface area (Å²) < 4.78 is 25.9. The Balaban J connectivity index is 2.35. The number of amides is 1. The Kier molecular flexibility index (Phi) is 5.76. The van der Waals surface area contributed by atoms with E-state index in [-0.39, 0.29) is 12.5 Å². The van der Waals surface area contributed by atoms with Crippen LogP contribution in [0.5, 0.6) is 0 Å². The first-order valence-electron chi connectivity index (χ1n) is 8.42. The molecule has 0 aliphatic heterocycles. The Morgan fingerprint density at radius 2 is 1.46 bits per heavy atom. The molecule has 26 heavy (non-hydrogen) atoms. The number of sulfonamides is 1. The molecule has 1 amide bonds. The number of hydrogen-bond acceptors (Lipinski definition) is 3. The van der Waals surface area contributed by atoms with Crippen molar-refractivity contribution in [1.29, 1.82) is 0 Å². The second-order valence-electron chi connectivity index (χ2n) is 6.83. The molecule has 0 bridgehead atoms. The van der Waals surface area contributed by atoms with Gasteiger partial charge in [0.05, 0.1) is 11.9 Å². The van der Waals surface area contributed by atoms with E-state index < -0.39 is 10.0 Å². The fourth-order valence-electron chi connectivity index (χ4n) is 3.25. The van der Waals surface area contributed by atoms with E-state index in [1.165, 1.54) is 4.31 Å². The Labute approximate surface area is 156 Å². The molecule has 0 heterocycles. The average molecular weight is 375 g/mol. The third-order valence-corrected chi connectivity index (χ3v) is 5.43. The number of carbonyl (C=O) groups excluding carboxylic acids is 1. The molecule has 0 saturated carbocycles. The van der Waals surface area contributed by atoms with Crippen molar-refractivity contribution in [3.05, 3.63) is 58.1 Å². The zero-order valence-corrected chi connectivity index (χ0v) is 17.0. The fourth-order valence-corrected chi connectivity index (χ4v) is 4.22. The largest absolute Gasteiger partial charge is 0.324 e. The molecule has 0 fully saturated rings. The van der Waals surface area contributed by atoms with E-state index in [9.17, 15) is 13.2 Å². The average Bonchev–Trinajstić information content (AvgIpc) is 2.48. The predicted molar refractivity (Wildman–Crippen MR) is 107 cm³/mol. The number of anilines is 2. The van der Waals surface area contributed by atoms with E-state index in [1.807, 2.05) is 65.0 Å². The van der Waals surface area contributed by atoms with E-state index in [4.69, 9.17) is 0 Å². The minimum Gasteiger partial charge on any atom is -0.324 e. The lowest BCUT2D eigenvalue weighted by Gasteiger charge is -2.25. The summed E-state index contributed by atoms with van der Waals surface area (Å²) in [4.78, 5) is 12.6. The topological polar surface area (TPSA) is 66.5 Å². The first-order chi connectivity index (χ1) is 12.0. The van der Waals surface area contributed by atoms with Gasteiger partial charge in [0.2, 0.25) is 15.9 Å². The molecule has 0 saturated heterocycles. The van der Waals surface area contributed by atoms with Crippen LogP contribution in [0.4, 0.5) is 11.4 Å². The zero-order chi connectivity index (χ0) is 19.6. The fraction of sp³-hybridized carbons (Fsp3) is 0.350. The highest BCUT2D eigenvalue weighted by Gasteiger charge is 2.24. The lowest BCUT2D eigenvalue weighted by molar-refractivity contribution is -0.114. The van der Waals surface area contributed by atoms with Crippen LogP contribution in [0.3, 0.4) is 0 Å². The van der Waals surface area contributed by atoms with Gasteiger partial charge in [-0.05, 0) is 56.9 Å². The molecule has 0 radical (unpaired) electrons. The van der Waals surface area contributed by atoms with Gasteiger partial charge in [0, 0.05) is 5.69 Å². The van der Waals surface area contributed by atoms with Crippen molar-refractivity contribution in [1.82, 2.24) is 0 Å². The van der Waals surface area contributed by atoms with Crippen LogP contribution in [-0.2, 0) is 14.8 Å². The summed E-state index contributed by atoms with van der Waals surface area (Å²) in [6, 6.07) is 9.53. The molecule has 2 aromatic carbocycles. The Morgan fingerprint density at radius 1 is 0.962 bits per heavy atom. The van der Waals surface area contributed by atoms with Crippen molar-refractivity contribution in [3.63, 3.8) is 0 Å². The predicted octanol–water partition coefficient (Wildman–Crippen LogP) is 3.63. The number of rotatable bonds is 5. The van der Waals surface area contributed by atoms with Crippen molar-refractivity contribution in [2.75, 3.05) is 22.4 Å². The van der Waals surface area contributed by atoms with Crippen LogP contribution in [0.25, 0.3) is 0 Å². The molecule has 0 aliphatic rings. The number of nitrogens with one attached hydrogen (secondary N) is 1. The summed E-state index contributed by atoms with van der Waals surface area (Å²) in [5.41, 5.74) is 5.93. The number of nitrogens with zero attached hydrogens (tertiary/aromatic N) is 1. The normalized spacial score (nSPS) is 11.3. The molecule has 0 unspecified atom stereocenters. The highest BCUT2D eigenvalue weighted by atomic mass is 32.2. The zero-order valence-electron chi connectivity index (χ0n) is 16.2. The summed E-state index contributed by atoms with van der Waals surface area (Å²) in [6.07, 6.45) is 1.12. The minimum atomic E-state index is -3.60. The molecular weight excluding hydrogens is 348 g/mol. The Morgan fingerprint density at radius 3 is 1.92 bits per heavy atom. The first kappa shape index (κ1) is 20.0. The van der Waals surface area contributed by atoms with E-state index >= 15 is 0 Å². The van der Waals surface area contributed by atoms with Gasteiger partial charge in [0.1, 0.15) is 6.54 Å². The van der Waals surface area contributed by atoms with Crippen LogP contribution >= 0.6 is 0 Å². The first-order valence-corrected chi connectivity index (χ1v) is 10.3. The molecule has 1 N–H and O–H groups in total. The SMILES string of the molecule is Cc1cc(C)c(NC(=O)CN(c2c(C)cccc2C)S(C)(=O)=O)c(C)c1. The Hall–Kier alpha value is -2.34. The van der Waals surface area contributed by atoms with Crippen LogP contribution < -0.4 is 9.62 Å². The molecule has 2 aromatic rings. The molecule has 5 nitrogen and oxygen atoms in total. The number of hydrogen-bond donors (Lipinski definition) is 1. The molecule has 0 spiro atoms. The lowest BCUT2D eigenvalue weighted by Crippen LogP contribution is -2.38. The van der Waals surface area contributed by atoms with Crippen LogP contribution in [0.1, 0.15) is 27.8 Å². The summed E-state index contributed by atoms with van der Waals surface area (Å²) in [5, 5.41) is 2.87. The molecule has 0 aromatic heterocycles. The minimum absolute atomic E-state index is 0.267. The van der Waals surface area contributed by atoms with Crippen LogP contribution in [-0.4, -0.2) is 27.1 Å². The van der Waals surface area contributed by atoms with Gasteiger partial charge in [-0.15, -0.1) is 0 Å². The van der Waals surface area contributed by atoms with Gasteiger partial charge in [-0.2, -0.15) is 0 Å². The standard InChI is InChI=1S/C20H26N2O3S/c1-13-10-16(4)19(17(5)11-13)21-18(23)12-22(26(6,24)25)20-14(2)8-7-9-15(20)3/h7-11H,12H2,1-6H3,(H,21,23). The number of benzene rings is 2. The smallest absolute Gasteiger partial charge is 0.245 e. The van der Waals surface area contributed by atoms with Crippen LogP contribution in [0.15, 0.2) is 30.3 Å². The molecule has 140 valence electrons. The molecule has 6 heteroatoms. The van der Waals surface area contributed by atoms with Crippen molar-refractivity contribution in [2.45, 2.75) is 34.6 Å². The van der Waals surface area contributed by atoms with Gasteiger partial charge >= 0.3 is 0 Å². The number of carbonyl (C=O) groups is 1. The maximum Gasteiger partial charge on any atom is 0.245 e. The van der Waals surface area contributed by atoms with Crippen molar-refractivity contribution in [3.8, 4) is 0 Å². The van der Waals surface area contributed by atoms with Crippen LogP contribution in [0.2, 0.25) is 0 Å². The second kappa shape index (κ2) is 7.50. The van der Waals surface area contributed by atoms with E-state index in [0.717, 1.165) is 39.8 Å². The number of aryl methyl sites for hydroxylation is 5. The van der Waals surface area contributed by atoms with E-state index in [2.05, 4.69) is 5.32 Å². The molecular formula is C20H26N2O3S. The monoisotopic (exact) mass is 374 g/mol. The van der Waals surface area contributed by atoms with Gasteiger partial charge in [-0.1, -0.05) is 35.9 Å². The maximum atomic E-state index is 12.6. The van der Waals surface area contributed by atoms with Crippen molar-refractivity contribution in [2.24, 2.45) is 0 Å². The van der Waals surface area contributed by atoms with Crippen molar-refractivity contribution >= 4 is 27.3 Å². The highest BCUT2D eigenvalue weighted by molar-refractivity contribution is 7.92. The summed E-state index contributed by atoms with van der Waals surface area (Å²) in [7, 11) is -3.60. The van der Waals surface area contributed by atoms with Gasteiger partial charge in [-0.3, -0.25) is 9.10 Å². The summed E-state index contributed by atoms with van der Waals surface area (Å²) in [6.45, 7) is 9.26. The maximum absolute atomic E-state index is 12.6.